The highest BCUT2D eigenvalue weighted by Gasteiger charge is 2.26. The van der Waals surface area contributed by atoms with Crippen LogP contribution in [0.3, 0.4) is 0 Å². The number of pyridine rings is 1. The Bertz CT molecular complexity index is 1420. The SMILES string of the molecule is Cc1nc2c(-c3cc4cc(C=O)ccc4n3C(=O)OC(C)(C)C)cc(N)nc2n1C(=O)O. The highest BCUT2D eigenvalue weighted by atomic mass is 16.6. The lowest BCUT2D eigenvalue weighted by Gasteiger charge is -2.21. The van der Waals surface area contributed by atoms with Crippen LogP contribution in [-0.4, -0.2) is 48.3 Å². The number of nitrogens with zero attached hydrogens (tertiary/aromatic N) is 4. The van der Waals surface area contributed by atoms with Gasteiger partial charge < -0.3 is 15.6 Å². The van der Waals surface area contributed by atoms with E-state index >= 15 is 0 Å². The van der Waals surface area contributed by atoms with Crippen molar-refractivity contribution >= 4 is 46.4 Å². The summed E-state index contributed by atoms with van der Waals surface area (Å²) in [5.41, 5.74) is 7.29. The number of carbonyl (C=O) groups excluding carboxylic acids is 2. The minimum atomic E-state index is -1.25. The molecule has 4 rings (SSSR count). The maximum atomic E-state index is 13.2. The van der Waals surface area contributed by atoms with Crippen LogP contribution in [0.25, 0.3) is 33.3 Å². The van der Waals surface area contributed by atoms with Gasteiger partial charge in [-0.1, -0.05) is 0 Å². The number of aryl methyl sites for hydroxylation is 1. The lowest BCUT2D eigenvalue weighted by atomic mass is 10.1. The number of rotatable bonds is 2. The summed E-state index contributed by atoms with van der Waals surface area (Å²) < 4.78 is 7.90. The van der Waals surface area contributed by atoms with Gasteiger partial charge in [0.25, 0.3) is 0 Å². The molecule has 10 nitrogen and oxygen atoms in total. The molecule has 0 saturated carbocycles. The van der Waals surface area contributed by atoms with Gasteiger partial charge in [-0.2, -0.15) is 0 Å². The molecule has 3 heterocycles. The molecule has 0 bridgehead atoms. The van der Waals surface area contributed by atoms with E-state index in [1.165, 1.54) is 17.6 Å². The summed E-state index contributed by atoms with van der Waals surface area (Å²) in [7, 11) is 0. The summed E-state index contributed by atoms with van der Waals surface area (Å²) >= 11 is 0. The molecule has 164 valence electrons. The first-order chi connectivity index (χ1) is 15.0. The van der Waals surface area contributed by atoms with Crippen molar-refractivity contribution in [3.8, 4) is 11.3 Å². The number of carbonyl (C=O) groups is 3. The fourth-order valence-corrected chi connectivity index (χ4v) is 3.61. The van der Waals surface area contributed by atoms with Crippen LogP contribution < -0.4 is 5.73 Å². The molecule has 0 radical (unpaired) electrons. The Morgan fingerprint density at radius 3 is 2.47 bits per heavy atom. The van der Waals surface area contributed by atoms with Gasteiger partial charge in [0.05, 0.1) is 11.2 Å². The number of aldehydes is 1. The van der Waals surface area contributed by atoms with E-state index in [1.807, 2.05) is 0 Å². The van der Waals surface area contributed by atoms with E-state index in [9.17, 15) is 19.5 Å². The van der Waals surface area contributed by atoms with Gasteiger partial charge in [-0.3, -0.25) is 4.79 Å². The Morgan fingerprint density at radius 1 is 1.12 bits per heavy atom. The molecule has 0 unspecified atom stereocenters. The predicted molar refractivity (Wildman–Crippen MR) is 118 cm³/mol. The number of hydrogen-bond donors (Lipinski definition) is 2. The first-order valence-corrected chi connectivity index (χ1v) is 9.73. The molecule has 32 heavy (non-hydrogen) atoms. The lowest BCUT2D eigenvalue weighted by molar-refractivity contribution is 0.0547. The van der Waals surface area contributed by atoms with Crippen LogP contribution in [0.2, 0.25) is 0 Å². The number of ether oxygens (including phenoxy) is 1. The van der Waals surface area contributed by atoms with E-state index in [0.29, 0.717) is 34.0 Å². The fourth-order valence-electron chi connectivity index (χ4n) is 3.61. The number of nitrogens with two attached hydrogens (primary N) is 1. The highest BCUT2D eigenvalue weighted by Crippen LogP contribution is 2.35. The van der Waals surface area contributed by atoms with E-state index in [2.05, 4.69) is 9.97 Å². The minimum absolute atomic E-state index is 0.0552. The molecule has 0 fully saturated rings. The number of benzene rings is 1. The molecule has 0 aliphatic heterocycles. The monoisotopic (exact) mass is 435 g/mol. The second-order valence-corrected chi connectivity index (χ2v) is 8.33. The third kappa shape index (κ3) is 3.45. The standard InChI is InChI=1S/C22H21N5O5/c1-11-24-18-14(9-17(23)25-19(18)26(11)20(29)30)16-8-13-7-12(10-28)5-6-15(13)27(16)21(31)32-22(2,3)4/h5-10H,1-4H3,(H2,23,25)(H,29,30). The molecule has 0 amide bonds. The van der Waals surface area contributed by atoms with Crippen LogP contribution in [0, 0.1) is 6.92 Å². The smallest absolute Gasteiger partial charge is 0.419 e. The van der Waals surface area contributed by atoms with Crippen molar-refractivity contribution in [2.45, 2.75) is 33.3 Å². The summed E-state index contributed by atoms with van der Waals surface area (Å²) in [6.45, 7) is 6.79. The van der Waals surface area contributed by atoms with Crippen LogP contribution in [0.4, 0.5) is 15.4 Å². The zero-order valence-electron chi connectivity index (χ0n) is 17.9. The number of aromatic nitrogens is 4. The third-order valence-corrected chi connectivity index (χ3v) is 4.81. The largest absolute Gasteiger partial charge is 0.464 e. The second-order valence-electron chi connectivity index (χ2n) is 8.33. The van der Waals surface area contributed by atoms with Crippen molar-refractivity contribution in [1.82, 2.24) is 19.1 Å². The molecule has 10 heteroatoms. The summed E-state index contributed by atoms with van der Waals surface area (Å²) in [5, 5.41) is 10.2. The van der Waals surface area contributed by atoms with Crippen molar-refractivity contribution in [2.75, 3.05) is 5.73 Å². The third-order valence-electron chi connectivity index (χ3n) is 4.81. The zero-order valence-corrected chi connectivity index (χ0v) is 17.9. The van der Waals surface area contributed by atoms with Gasteiger partial charge in [-0.05, 0) is 58.0 Å². The van der Waals surface area contributed by atoms with Crippen molar-refractivity contribution in [3.63, 3.8) is 0 Å². The topological polar surface area (TPSA) is 142 Å². The fraction of sp³-hybridized carbons (Fsp3) is 0.227. The maximum Gasteiger partial charge on any atom is 0.419 e. The maximum absolute atomic E-state index is 13.2. The van der Waals surface area contributed by atoms with Gasteiger partial charge in [0, 0.05) is 16.5 Å². The van der Waals surface area contributed by atoms with Gasteiger partial charge >= 0.3 is 12.2 Å². The highest BCUT2D eigenvalue weighted by molar-refractivity contribution is 6.03. The molecule has 0 aliphatic carbocycles. The Morgan fingerprint density at radius 2 is 1.84 bits per heavy atom. The molecule has 0 saturated heterocycles. The van der Waals surface area contributed by atoms with E-state index in [1.54, 1.807) is 45.0 Å². The number of anilines is 1. The first kappa shape index (κ1) is 21.0. The number of fused-ring (bicyclic) bond motifs is 2. The molecule has 3 aromatic heterocycles. The van der Waals surface area contributed by atoms with Gasteiger partial charge in [0.2, 0.25) is 0 Å². The quantitative estimate of drug-likeness (QED) is 0.449. The Hall–Kier alpha value is -4.21. The number of carboxylic acid groups (broad SMARTS) is 1. The number of imidazole rings is 1. The Balaban J connectivity index is 2.08. The molecule has 1 aromatic carbocycles. The summed E-state index contributed by atoms with van der Waals surface area (Å²) in [6, 6.07) is 8.12. The van der Waals surface area contributed by atoms with Crippen LogP contribution >= 0.6 is 0 Å². The normalized spacial score (nSPS) is 11.8. The van der Waals surface area contributed by atoms with E-state index in [4.69, 9.17) is 10.5 Å². The van der Waals surface area contributed by atoms with Crippen molar-refractivity contribution < 1.29 is 24.2 Å². The molecule has 3 N–H and O–H groups in total. The zero-order chi connectivity index (χ0) is 23.4. The minimum Gasteiger partial charge on any atom is -0.464 e. The van der Waals surface area contributed by atoms with Crippen molar-refractivity contribution in [2.24, 2.45) is 0 Å². The Labute approximate surface area is 182 Å². The van der Waals surface area contributed by atoms with E-state index < -0.39 is 17.8 Å². The number of hydrogen-bond acceptors (Lipinski definition) is 7. The van der Waals surface area contributed by atoms with Gasteiger partial charge in [0.15, 0.2) is 5.65 Å². The summed E-state index contributed by atoms with van der Waals surface area (Å²) in [5.74, 6) is 0.263. The van der Waals surface area contributed by atoms with Crippen molar-refractivity contribution in [3.05, 3.63) is 41.7 Å². The van der Waals surface area contributed by atoms with Gasteiger partial charge in [0.1, 0.15) is 29.0 Å². The average Bonchev–Trinajstić information content (AvgIpc) is 3.22. The van der Waals surface area contributed by atoms with Crippen LogP contribution in [0.1, 0.15) is 37.0 Å². The van der Waals surface area contributed by atoms with Crippen LogP contribution in [-0.2, 0) is 4.74 Å². The molecule has 0 spiro atoms. The lowest BCUT2D eigenvalue weighted by Crippen LogP contribution is -2.27. The van der Waals surface area contributed by atoms with Crippen molar-refractivity contribution in [1.29, 1.82) is 0 Å². The van der Waals surface area contributed by atoms with Gasteiger partial charge in [-0.25, -0.2) is 28.7 Å². The molecule has 4 aromatic rings. The van der Waals surface area contributed by atoms with E-state index in [0.717, 1.165) is 4.57 Å². The van der Waals surface area contributed by atoms with E-state index in [-0.39, 0.29) is 22.8 Å². The molecule has 0 aliphatic rings. The second kappa shape index (κ2) is 7.19. The molecule has 0 atom stereocenters. The van der Waals surface area contributed by atoms with Gasteiger partial charge in [-0.15, -0.1) is 0 Å². The van der Waals surface area contributed by atoms with Crippen LogP contribution in [0.5, 0.6) is 0 Å². The predicted octanol–water partition coefficient (Wildman–Crippen LogP) is 4.07. The number of nitrogen functional groups attached to an aromatic ring is 1. The molecular weight excluding hydrogens is 414 g/mol. The average molecular weight is 435 g/mol. The Kier molecular flexibility index (Phi) is 4.73. The van der Waals surface area contributed by atoms with Crippen LogP contribution in [0.15, 0.2) is 30.3 Å². The first-order valence-electron chi connectivity index (χ1n) is 9.73. The summed E-state index contributed by atoms with van der Waals surface area (Å²) in [6.07, 6.45) is -1.18. The molecular formula is C22H21N5O5. The summed E-state index contributed by atoms with van der Waals surface area (Å²) in [4.78, 5) is 44.7.